The molecule has 0 bridgehead atoms. The zero-order valence-corrected chi connectivity index (χ0v) is 6.85. The van der Waals surface area contributed by atoms with E-state index in [2.05, 4.69) is 26.4 Å². The molecule has 0 heterocycles. The molecule has 0 rings (SSSR count). The summed E-state index contributed by atoms with van der Waals surface area (Å²) in [5.74, 6) is 0. The molecular weight excluding hydrogens is 219 g/mol. The van der Waals surface area contributed by atoms with Crippen LogP contribution in [0.5, 0.6) is 0 Å². The van der Waals surface area contributed by atoms with Crippen LogP contribution in [0.2, 0.25) is 0 Å². The van der Waals surface area contributed by atoms with Gasteiger partial charge in [-0.15, -0.1) is 0 Å². The quantitative estimate of drug-likeness (QED) is 0.394. The van der Waals surface area contributed by atoms with Gasteiger partial charge in [-0.05, 0) is 0 Å². The minimum absolute atomic E-state index is 0.612. The fourth-order valence-electron chi connectivity index (χ4n) is 0.296. The van der Waals surface area contributed by atoms with Crippen LogP contribution in [0.25, 0.3) is 0 Å². The Morgan fingerprint density at radius 2 is 2.25 bits per heavy atom. The van der Waals surface area contributed by atoms with Gasteiger partial charge in [-0.3, -0.25) is 3.53 Å². The molecule has 0 spiro atoms. The lowest BCUT2D eigenvalue weighted by atomic mass is 10.7. The molecule has 0 amide bonds. The first-order valence-electron chi connectivity index (χ1n) is 2.53. The Morgan fingerprint density at radius 1 is 1.50 bits per heavy atom. The first kappa shape index (κ1) is 8.61. The van der Waals surface area contributed by atoms with E-state index >= 15 is 0 Å². The molecule has 0 fully saturated rings. The van der Waals surface area contributed by atoms with E-state index in [1.165, 1.54) is 0 Å². The van der Waals surface area contributed by atoms with E-state index < -0.39 is 0 Å². The van der Waals surface area contributed by atoms with Crippen molar-refractivity contribution in [3.63, 3.8) is 0 Å². The Bertz CT molecular complexity index is 39.0. The Balaban J connectivity index is 2.53. The van der Waals surface area contributed by atoms with Crippen molar-refractivity contribution >= 4 is 22.9 Å². The summed E-state index contributed by atoms with van der Waals surface area (Å²) in [7, 11) is 0. The molecule has 0 radical (unpaired) electrons. The molecule has 50 valence electrons. The first-order valence-corrected chi connectivity index (χ1v) is 3.61. The molecule has 0 unspecified atom stereocenters. The average molecular weight is 230 g/mol. The molecule has 8 heavy (non-hydrogen) atoms. The fourth-order valence-corrected chi connectivity index (χ4v) is 0.516. The van der Waals surface area contributed by atoms with Crippen LogP contribution in [0.1, 0.15) is 0 Å². The highest BCUT2D eigenvalue weighted by Crippen LogP contribution is 1.72. The monoisotopic (exact) mass is 230 g/mol. The van der Waals surface area contributed by atoms with Gasteiger partial charge < -0.3 is 10.5 Å². The molecule has 0 aliphatic heterocycles. The molecule has 3 nitrogen and oxygen atoms in total. The molecule has 0 saturated carbocycles. The van der Waals surface area contributed by atoms with Crippen molar-refractivity contribution in [2.45, 2.75) is 0 Å². The SMILES string of the molecule is NCCOCCNI. The summed E-state index contributed by atoms with van der Waals surface area (Å²) in [5.41, 5.74) is 5.16. The third kappa shape index (κ3) is 6.61. The maximum Gasteiger partial charge on any atom is 0.0599 e. The number of hydrogen-bond acceptors (Lipinski definition) is 3. The topological polar surface area (TPSA) is 47.3 Å². The minimum atomic E-state index is 0.612. The van der Waals surface area contributed by atoms with Gasteiger partial charge in [0.25, 0.3) is 0 Å². The van der Waals surface area contributed by atoms with Crippen LogP contribution in [0.4, 0.5) is 0 Å². The Hall–Kier alpha value is 0.610. The standard InChI is InChI=1S/C4H11IN2O/c5-7-2-4-8-3-1-6/h7H,1-4,6H2. The Kier molecular flexibility index (Phi) is 8.19. The molecule has 0 aromatic heterocycles. The second kappa shape index (κ2) is 7.61. The smallest absolute Gasteiger partial charge is 0.0599 e. The van der Waals surface area contributed by atoms with E-state index in [1.54, 1.807) is 0 Å². The lowest BCUT2D eigenvalue weighted by molar-refractivity contribution is 0.148. The summed E-state index contributed by atoms with van der Waals surface area (Å²) < 4.78 is 7.96. The van der Waals surface area contributed by atoms with Gasteiger partial charge in [-0.1, -0.05) is 0 Å². The molecule has 0 saturated heterocycles. The van der Waals surface area contributed by atoms with Crippen molar-refractivity contribution < 1.29 is 4.74 Å². The van der Waals surface area contributed by atoms with Gasteiger partial charge in [0.1, 0.15) is 0 Å². The zero-order valence-electron chi connectivity index (χ0n) is 4.69. The third-order valence-corrected chi connectivity index (χ3v) is 1.14. The predicted octanol–water partition coefficient (Wildman–Crippen LogP) is -0.0987. The summed E-state index contributed by atoms with van der Waals surface area (Å²) in [4.78, 5) is 0. The lowest BCUT2D eigenvalue weighted by Gasteiger charge is -1.98. The molecule has 3 N–H and O–H groups in total. The van der Waals surface area contributed by atoms with Crippen molar-refractivity contribution in [2.24, 2.45) is 5.73 Å². The zero-order chi connectivity index (χ0) is 6.24. The van der Waals surface area contributed by atoms with Gasteiger partial charge in [-0.25, -0.2) is 0 Å². The number of rotatable bonds is 5. The number of halogens is 1. The lowest BCUT2D eigenvalue weighted by Crippen LogP contribution is -2.14. The van der Waals surface area contributed by atoms with Crippen molar-refractivity contribution in [2.75, 3.05) is 26.3 Å². The number of nitrogens with one attached hydrogen (secondary N) is 1. The van der Waals surface area contributed by atoms with Crippen LogP contribution in [0.15, 0.2) is 0 Å². The minimum Gasteiger partial charge on any atom is -0.379 e. The van der Waals surface area contributed by atoms with E-state index in [9.17, 15) is 0 Å². The first-order chi connectivity index (χ1) is 3.91. The van der Waals surface area contributed by atoms with Gasteiger partial charge in [-0.2, -0.15) is 0 Å². The summed E-state index contributed by atoms with van der Waals surface area (Å²) >= 11 is 2.08. The molecule has 4 heteroatoms. The van der Waals surface area contributed by atoms with Gasteiger partial charge in [0.15, 0.2) is 0 Å². The van der Waals surface area contributed by atoms with Gasteiger partial charge >= 0.3 is 0 Å². The van der Waals surface area contributed by atoms with Gasteiger partial charge in [0.05, 0.1) is 13.2 Å². The summed E-state index contributed by atoms with van der Waals surface area (Å²) in [5, 5.41) is 0. The largest absolute Gasteiger partial charge is 0.379 e. The molecule has 0 atom stereocenters. The molecule has 0 aromatic rings. The van der Waals surface area contributed by atoms with Crippen LogP contribution < -0.4 is 9.26 Å². The average Bonchev–Trinajstić information content (AvgIpc) is 1.81. The predicted molar refractivity (Wildman–Crippen MR) is 41.9 cm³/mol. The van der Waals surface area contributed by atoms with Crippen molar-refractivity contribution in [1.29, 1.82) is 0 Å². The number of hydrogen-bond donors (Lipinski definition) is 2. The molecular formula is C4H11IN2O. The summed E-state index contributed by atoms with van der Waals surface area (Å²) in [6.07, 6.45) is 0. The van der Waals surface area contributed by atoms with Crippen molar-refractivity contribution in [3.8, 4) is 0 Å². The van der Waals surface area contributed by atoms with Crippen LogP contribution >= 0.6 is 22.9 Å². The molecule has 0 aliphatic carbocycles. The highest BCUT2D eigenvalue weighted by Gasteiger charge is 1.81. The van der Waals surface area contributed by atoms with E-state index in [4.69, 9.17) is 10.5 Å². The number of ether oxygens (including phenoxy) is 1. The van der Waals surface area contributed by atoms with Crippen LogP contribution in [-0.2, 0) is 4.74 Å². The maximum absolute atomic E-state index is 5.16. The Labute approximate surface area is 63.5 Å². The summed E-state index contributed by atoms with van der Waals surface area (Å²) in [6, 6.07) is 0. The molecule has 0 aromatic carbocycles. The third-order valence-electron chi connectivity index (χ3n) is 0.603. The second-order valence-electron chi connectivity index (χ2n) is 1.28. The second-order valence-corrected chi connectivity index (χ2v) is 2.05. The van der Waals surface area contributed by atoms with Gasteiger partial charge in [0.2, 0.25) is 0 Å². The summed E-state index contributed by atoms with van der Waals surface area (Å²) in [6.45, 7) is 2.92. The highest BCUT2D eigenvalue weighted by molar-refractivity contribution is 14.1. The normalized spacial score (nSPS) is 9.75. The Morgan fingerprint density at radius 3 is 2.75 bits per heavy atom. The van der Waals surface area contributed by atoms with Crippen LogP contribution in [-0.4, -0.2) is 26.3 Å². The fraction of sp³-hybridized carbons (Fsp3) is 1.00. The van der Waals surface area contributed by atoms with E-state index in [0.717, 1.165) is 13.2 Å². The number of nitrogens with two attached hydrogens (primary N) is 1. The van der Waals surface area contributed by atoms with Gasteiger partial charge in [0, 0.05) is 36.0 Å². The highest BCUT2D eigenvalue weighted by atomic mass is 127. The van der Waals surface area contributed by atoms with Crippen molar-refractivity contribution in [1.82, 2.24) is 3.53 Å². The van der Waals surface area contributed by atoms with Crippen LogP contribution in [0, 0.1) is 0 Å². The van der Waals surface area contributed by atoms with E-state index in [1.807, 2.05) is 0 Å². The maximum atomic E-state index is 5.16. The van der Waals surface area contributed by atoms with E-state index in [0.29, 0.717) is 13.2 Å². The molecule has 0 aliphatic rings. The van der Waals surface area contributed by atoms with Crippen LogP contribution in [0.3, 0.4) is 0 Å². The van der Waals surface area contributed by atoms with E-state index in [-0.39, 0.29) is 0 Å². The van der Waals surface area contributed by atoms with Crippen molar-refractivity contribution in [3.05, 3.63) is 0 Å².